The van der Waals surface area contributed by atoms with Crippen molar-refractivity contribution in [1.29, 1.82) is 0 Å². The summed E-state index contributed by atoms with van der Waals surface area (Å²) in [7, 11) is 0. The van der Waals surface area contributed by atoms with Gasteiger partial charge in [0.15, 0.2) is 6.61 Å². The minimum Gasteiger partial charge on any atom is -0.457 e. The molecular weight excluding hydrogens is 480 g/mol. The first-order valence-corrected chi connectivity index (χ1v) is 12.7. The zero-order chi connectivity index (χ0) is 27.7. The molecule has 0 spiro atoms. The molecule has 0 aliphatic carbocycles. The fourth-order valence-electron chi connectivity index (χ4n) is 3.79. The number of benzene rings is 3. The van der Waals surface area contributed by atoms with Crippen LogP contribution in [0.4, 0.5) is 11.4 Å². The monoisotopic (exact) mass is 516 g/mol. The molecule has 0 heterocycles. The smallest absolute Gasteiger partial charge is 0.306 e. The van der Waals surface area contributed by atoms with Crippen molar-refractivity contribution in [2.45, 2.75) is 59.3 Å². The Hall–Kier alpha value is -4.13. The zero-order valence-electron chi connectivity index (χ0n) is 22.7. The van der Waals surface area contributed by atoms with Crippen molar-refractivity contribution in [2.24, 2.45) is 0 Å². The first-order chi connectivity index (χ1) is 18.0. The quantitative estimate of drug-likeness (QED) is 0.293. The van der Waals surface area contributed by atoms with Crippen molar-refractivity contribution in [3.05, 3.63) is 83.4 Å². The molecule has 3 rings (SSSR count). The van der Waals surface area contributed by atoms with Gasteiger partial charge in [-0.15, -0.1) is 0 Å². The van der Waals surface area contributed by atoms with Gasteiger partial charge >= 0.3 is 5.97 Å². The van der Waals surface area contributed by atoms with Crippen molar-refractivity contribution in [3.8, 4) is 11.5 Å². The first kappa shape index (κ1) is 28.4. The number of hydrogen-bond acceptors (Lipinski definition) is 5. The largest absolute Gasteiger partial charge is 0.457 e. The van der Waals surface area contributed by atoms with Gasteiger partial charge in [0.2, 0.25) is 5.91 Å². The molecule has 0 aliphatic heterocycles. The number of ether oxygens (including phenoxy) is 2. The van der Waals surface area contributed by atoms with Gasteiger partial charge in [0.25, 0.3) is 5.91 Å². The molecule has 0 aromatic heterocycles. The molecule has 0 saturated heterocycles. The van der Waals surface area contributed by atoms with Crippen LogP contribution in [-0.4, -0.2) is 24.4 Å². The van der Waals surface area contributed by atoms with Crippen LogP contribution in [0.15, 0.2) is 66.7 Å². The van der Waals surface area contributed by atoms with E-state index in [2.05, 4.69) is 43.5 Å². The van der Waals surface area contributed by atoms with Gasteiger partial charge in [-0.1, -0.05) is 51.1 Å². The summed E-state index contributed by atoms with van der Waals surface area (Å²) in [6.45, 7) is 9.92. The molecular formula is C31H36N2O5. The highest BCUT2D eigenvalue weighted by molar-refractivity contribution is 5.94. The predicted molar refractivity (Wildman–Crippen MR) is 150 cm³/mol. The second-order valence-corrected chi connectivity index (χ2v) is 10.3. The molecule has 200 valence electrons. The van der Waals surface area contributed by atoms with E-state index in [1.165, 1.54) is 5.56 Å². The molecule has 2 N–H and O–H groups in total. The van der Waals surface area contributed by atoms with Crippen LogP contribution in [0, 0.1) is 13.8 Å². The molecule has 0 unspecified atom stereocenters. The van der Waals surface area contributed by atoms with Gasteiger partial charge in [0.1, 0.15) is 11.5 Å². The van der Waals surface area contributed by atoms with Gasteiger partial charge < -0.3 is 20.1 Å². The third-order valence-electron chi connectivity index (χ3n) is 5.99. The Bertz CT molecular complexity index is 1240. The Morgan fingerprint density at radius 2 is 1.32 bits per heavy atom. The molecule has 0 radical (unpaired) electrons. The molecule has 3 aromatic rings. The topological polar surface area (TPSA) is 93.7 Å². The average Bonchev–Trinajstić information content (AvgIpc) is 2.86. The number of esters is 1. The van der Waals surface area contributed by atoms with Crippen LogP contribution >= 0.6 is 0 Å². The highest BCUT2D eigenvalue weighted by Crippen LogP contribution is 2.27. The predicted octanol–water partition coefficient (Wildman–Crippen LogP) is 6.68. The van der Waals surface area contributed by atoms with E-state index in [1.807, 2.05) is 44.2 Å². The van der Waals surface area contributed by atoms with Crippen molar-refractivity contribution in [3.63, 3.8) is 0 Å². The molecule has 2 amide bonds. The summed E-state index contributed by atoms with van der Waals surface area (Å²) in [5.74, 6) is 0.270. The highest BCUT2D eigenvalue weighted by Gasteiger charge is 2.14. The van der Waals surface area contributed by atoms with E-state index in [0.29, 0.717) is 17.9 Å². The minimum absolute atomic E-state index is 0.0465. The lowest BCUT2D eigenvalue weighted by Crippen LogP contribution is -2.22. The molecule has 0 bridgehead atoms. The summed E-state index contributed by atoms with van der Waals surface area (Å²) in [5, 5.41) is 5.58. The number of carbonyl (C=O) groups is 3. The van der Waals surface area contributed by atoms with Crippen molar-refractivity contribution in [2.75, 3.05) is 17.2 Å². The number of carbonyl (C=O) groups excluding carboxylic acids is 3. The molecule has 0 fully saturated rings. The summed E-state index contributed by atoms with van der Waals surface area (Å²) < 4.78 is 10.9. The van der Waals surface area contributed by atoms with Gasteiger partial charge in [-0.05, 0) is 78.8 Å². The lowest BCUT2D eigenvalue weighted by molar-refractivity contribution is -0.147. The van der Waals surface area contributed by atoms with Crippen LogP contribution in [0.2, 0.25) is 0 Å². The third kappa shape index (κ3) is 8.76. The lowest BCUT2D eigenvalue weighted by Gasteiger charge is -2.19. The molecule has 38 heavy (non-hydrogen) atoms. The summed E-state index contributed by atoms with van der Waals surface area (Å²) in [6, 6.07) is 20.8. The number of aryl methyl sites for hydroxylation is 2. The molecule has 7 heteroatoms. The Balaban J connectivity index is 1.35. The van der Waals surface area contributed by atoms with Gasteiger partial charge in [0.05, 0.1) is 0 Å². The number of nitrogens with one attached hydrogen (secondary N) is 2. The Morgan fingerprint density at radius 3 is 1.89 bits per heavy atom. The van der Waals surface area contributed by atoms with E-state index in [9.17, 15) is 14.4 Å². The summed E-state index contributed by atoms with van der Waals surface area (Å²) >= 11 is 0. The normalized spacial score (nSPS) is 11.0. The van der Waals surface area contributed by atoms with Crippen molar-refractivity contribution in [1.82, 2.24) is 0 Å². The molecule has 3 aromatic carbocycles. The highest BCUT2D eigenvalue weighted by atomic mass is 16.5. The van der Waals surface area contributed by atoms with E-state index in [1.54, 1.807) is 24.3 Å². The fourth-order valence-corrected chi connectivity index (χ4v) is 3.79. The number of amides is 2. The SMILES string of the molecule is Cc1cccc(C)c1NC(=O)COC(=O)CCCC(=O)Nc1ccc(Oc2ccc(C(C)(C)C)cc2)cc1. The summed E-state index contributed by atoms with van der Waals surface area (Å²) in [6.07, 6.45) is 0.516. The molecule has 0 saturated carbocycles. The van der Waals surface area contributed by atoms with Gasteiger partial charge in [-0.25, -0.2) is 0 Å². The maximum atomic E-state index is 12.3. The second-order valence-electron chi connectivity index (χ2n) is 10.3. The fraction of sp³-hybridized carbons (Fsp3) is 0.323. The number of rotatable bonds is 10. The first-order valence-electron chi connectivity index (χ1n) is 12.7. The van der Waals surface area contributed by atoms with Crippen LogP contribution in [-0.2, 0) is 24.5 Å². The van der Waals surface area contributed by atoms with Crippen molar-refractivity contribution < 1.29 is 23.9 Å². The van der Waals surface area contributed by atoms with Crippen LogP contribution < -0.4 is 15.4 Å². The summed E-state index contributed by atoms with van der Waals surface area (Å²) in [4.78, 5) is 36.4. The second kappa shape index (κ2) is 12.9. The Morgan fingerprint density at radius 1 is 0.737 bits per heavy atom. The van der Waals surface area contributed by atoms with Crippen LogP contribution in [0.5, 0.6) is 11.5 Å². The Kier molecular flexibility index (Phi) is 9.66. The maximum absolute atomic E-state index is 12.3. The number of anilines is 2. The van der Waals surface area contributed by atoms with E-state index in [-0.39, 0.29) is 30.8 Å². The van der Waals surface area contributed by atoms with Gasteiger partial charge in [0, 0.05) is 24.2 Å². The van der Waals surface area contributed by atoms with E-state index >= 15 is 0 Å². The van der Waals surface area contributed by atoms with Crippen LogP contribution in [0.25, 0.3) is 0 Å². The van der Waals surface area contributed by atoms with Crippen LogP contribution in [0.3, 0.4) is 0 Å². The Labute approximate surface area is 224 Å². The minimum atomic E-state index is -0.522. The molecule has 0 atom stereocenters. The number of hydrogen-bond donors (Lipinski definition) is 2. The van der Waals surface area contributed by atoms with Gasteiger partial charge in [-0.2, -0.15) is 0 Å². The van der Waals surface area contributed by atoms with E-state index in [0.717, 1.165) is 22.6 Å². The van der Waals surface area contributed by atoms with E-state index in [4.69, 9.17) is 9.47 Å². The number of para-hydroxylation sites is 1. The third-order valence-corrected chi connectivity index (χ3v) is 5.99. The van der Waals surface area contributed by atoms with Crippen LogP contribution in [0.1, 0.15) is 56.7 Å². The lowest BCUT2D eigenvalue weighted by atomic mass is 9.87. The maximum Gasteiger partial charge on any atom is 0.306 e. The average molecular weight is 517 g/mol. The van der Waals surface area contributed by atoms with E-state index < -0.39 is 11.9 Å². The standard InChI is InChI=1S/C31H36N2O5/c1-21-8-6-9-22(2)30(21)33-28(35)20-37-29(36)11-7-10-27(34)32-24-14-18-26(19-15-24)38-25-16-12-23(13-17-25)31(3,4)5/h6,8-9,12-19H,7,10-11,20H2,1-5H3,(H,32,34)(H,33,35). The molecule has 7 nitrogen and oxygen atoms in total. The molecule has 0 aliphatic rings. The van der Waals surface area contributed by atoms with Gasteiger partial charge in [-0.3, -0.25) is 14.4 Å². The summed E-state index contributed by atoms with van der Waals surface area (Å²) in [5.41, 5.74) is 4.54. The zero-order valence-corrected chi connectivity index (χ0v) is 22.7. The van der Waals surface area contributed by atoms with Crippen molar-refractivity contribution >= 4 is 29.2 Å².